The zero-order valence-corrected chi connectivity index (χ0v) is 8.60. The molecule has 0 amide bonds. The quantitative estimate of drug-likeness (QED) is 0.655. The summed E-state index contributed by atoms with van der Waals surface area (Å²) in [6.07, 6.45) is -1.79. The molecule has 80 valence electrons. The zero-order valence-electron chi connectivity index (χ0n) is 7.78. The highest BCUT2D eigenvalue weighted by atomic mass is 32.2. The van der Waals surface area contributed by atoms with Gasteiger partial charge in [0.25, 0.3) is 0 Å². The van der Waals surface area contributed by atoms with Crippen molar-refractivity contribution in [2.24, 2.45) is 0 Å². The fraction of sp³-hybridized carbons (Fsp3) is 1.00. The van der Waals surface area contributed by atoms with Gasteiger partial charge in [-0.1, -0.05) is 13.3 Å². The number of rotatable bonds is 7. The average Bonchev–Trinajstić information content (AvgIpc) is 2.01. The van der Waals surface area contributed by atoms with E-state index in [-0.39, 0.29) is 0 Å². The Bertz CT molecular complexity index is 116. The molecule has 0 rings (SSSR count). The fourth-order valence-corrected chi connectivity index (χ4v) is 1.71. The molecular weight excluding hydrogens is 199 g/mol. The zero-order chi connectivity index (χ0) is 10.2. The van der Waals surface area contributed by atoms with E-state index in [1.54, 1.807) is 11.8 Å². The van der Waals surface area contributed by atoms with Crippen molar-refractivity contribution in [3.05, 3.63) is 0 Å². The molecule has 0 aliphatic carbocycles. The summed E-state index contributed by atoms with van der Waals surface area (Å²) < 4.78 is 34.8. The lowest BCUT2D eigenvalue weighted by Gasteiger charge is -2.07. The molecule has 0 aromatic rings. The van der Waals surface area contributed by atoms with Crippen LogP contribution in [0.4, 0.5) is 13.2 Å². The normalized spacial score (nSPS) is 12.0. The minimum absolute atomic E-state index is 0.438. The molecule has 0 fully saturated rings. The van der Waals surface area contributed by atoms with Gasteiger partial charge in [0.2, 0.25) is 0 Å². The van der Waals surface area contributed by atoms with Crippen LogP contribution >= 0.6 is 11.8 Å². The van der Waals surface area contributed by atoms with Gasteiger partial charge in [-0.2, -0.15) is 24.9 Å². The number of hydrogen-bond acceptors (Lipinski definition) is 2. The Morgan fingerprint density at radius 1 is 1.23 bits per heavy atom. The Morgan fingerprint density at radius 3 is 2.46 bits per heavy atom. The molecule has 0 aromatic carbocycles. The van der Waals surface area contributed by atoms with Crippen LogP contribution in [0.3, 0.4) is 0 Å². The molecular formula is C8H16F3NS. The molecule has 0 unspecified atom stereocenters. The Kier molecular flexibility index (Phi) is 7.56. The van der Waals surface area contributed by atoms with Crippen LogP contribution in [0.5, 0.6) is 0 Å². The van der Waals surface area contributed by atoms with Crippen LogP contribution < -0.4 is 5.32 Å². The second kappa shape index (κ2) is 7.50. The number of halogens is 3. The highest BCUT2D eigenvalue weighted by molar-refractivity contribution is 7.99. The van der Waals surface area contributed by atoms with Gasteiger partial charge in [0.05, 0.1) is 6.54 Å². The van der Waals surface area contributed by atoms with E-state index in [1.807, 2.05) is 0 Å². The van der Waals surface area contributed by atoms with Crippen LogP contribution in [0.2, 0.25) is 0 Å². The molecule has 0 saturated carbocycles. The highest BCUT2D eigenvalue weighted by Gasteiger charge is 2.25. The van der Waals surface area contributed by atoms with Gasteiger partial charge in [-0.05, 0) is 12.2 Å². The second-order valence-electron chi connectivity index (χ2n) is 2.76. The monoisotopic (exact) mass is 215 g/mol. The topological polar surface area (TPSA) is 12.0 Å². The molecule has 1 nitrogen and oxygen atoms in total. The molecule has 0 heterocycles. The van der Waals surface area contributed by atoms with Crippen molar-refractivity contribution < 1.29 is 13.2 Å². The predicted molar refractivity (Wildman–Crippen MR) is 51.2 cm³/mol. The van der Waals surface area contributed by atoms with E-state index in [0.717, 1.165) is 24.3 Å². The molecule has 0 bridgehead atoms. The summed E-state index contributed by atoms with van der Waals surface area (Å²) in [4.78, 5) is 0. The van der Waals surface area contributed by atoms with Crippen molar-refractivity contribution in [3.63, 3.8) is 0 Å². The van der Waals surface area contributed by atoms with Gasteiger partial charge in [0.15, 0.2) is 0 Å². The van der Waals surface area contributed by atoms with Gasteiger partial charge in [-0.15, -0.1) is 0 Å². The highest BCUT2D eigenvalue weighted by Crippen LogP contribution is 2.12. The first kappa shape index (κ1) is 13.1. The minimum atomic E-state index is -4.08. The summed E-state index contributed by atoms with van der Waals surface area (Å²) in [5.74, 6) is 1.81. The van der Waals surface area contributed by atoms with Crippen LogP contribution in [0.25, 0.3) is 0 Å². The van der Waals surface area contributed by atoms with E-state index in [2.05, 4.69) is 12.2 Å². The van der Waals surface area contributed by atoms with Gasteiger partial charge >= 0.3 is 6.18 Å². The van der Waals surface area contributed by atoms with E-state index >= 15 is 0 Å². The maximum Gasteiger partial charge on any atom is 0.401 e. The van der Waals surface area contributed by atoms with Crippen LogP contribution in [0.1, 0.15) is 19.8 Å². The van der Waals surface area contributed by atoms with Crippen LogP contribution in [-0.4, -0.2) is 30.8 Å². The van der Waals surface area contributed by atoms with Crippen molar-refractivity contribution in [3.8, 4) is 0 Å². The molecule has 0 spiro atoms. The number of thioether (sulfide) groups is 1. The number of unbranched alkanes of at least 4 members (excludes halogenated alkanes) is 1. The summed E-state index contributed by atoms with van der Waals surface area (Å²) >= 11 is 1.70. The Hall–Kier alpha value is 0.100. The van der Waals surface area contributed by atoms with Crippen molar-refractivity contribution in [1.82, 2.24) is 5.32 Å². The van der Waals surface area contributed by atoms with Gasteiger partial charge < -0.3 is 5.32 Å². The first-order chi connectivity index (χ1) is 6.06. The van der Waals surface area contributed by atoms with Crippen LogP contribution in [-0.2, 0) is 0 Å². The first-order valence-corrected chi connectivity index (χ1v) is 5.57. The largest absolute Gasteiger partial charge is 0.401 e. The maximum atomic E-state index is 11.6. The standard InChI is InChI=1S/C8H16F3NS/c1-2-3-5-13-6-4-12-7-8(9,10)11/h12H,2-7H2,1H3. The maximum absolute atomic E-state index is 11.6. The van der Waals surface area contributed by atoms with E-state index in [4.69, 9.17) is 0 Å². The summed E-state index contributed by atoms with van der Waals surface area (Å²) in [5, 5.41) is 2.36. The lowest BCUT2D eigenvalue weighted by molar-refractivity contribution is -0.124. The van der Waals surface area contributed by atoms with Gasteiger partial charge in [0.1, 0.15) is 0 Å². The van der Waals surface area contributed by atoms with Crippen molar-refractivity contribution in [2.75, 3.05) is 24.6 Å². The molecule has 0 saturated heterocycles. The van der Waals surface area contributed by atoms with E-state index in [0.29, 0.717) is 6.54 Å². The summed E-state index contributed by atoms with van der Waals surface area (Å²) in [5.41, 5.74) is 0. The fourth-order valence-electron chi connectivity index (χ4n) is 0.723. The van der Waals surface area contributed by atoms with Crippen molar-refractivity contribution in [1.29, 1.82) is 0 Å². The Labute approximate surface area is 81.5 Å². The molecule has 0 atom stereocenters. The summed E-state index contributed by atoms with van der Waals surface area (Å²) in [6, 6.07) is 0. The van der Waals surface area contributed by atoms with Crippen molar-refractivity contribution in [2.45, 2.75) is 25.9 Å². The molecule has 0 aromatic heterocycles. The summed E-state index contributed by atoms with van der Waals surface area (Å²) in [6.45, 7) is 1.66. The van der Waals surface area contributed by atoms with Gasteiger partial charge in [0, 0.05) is 12.3 Å². The molecule has 1 N–H and O–H groups in total. The third-order valence-corrected chi connectivity index (χ3v) is 2.46. The lowest BCUT2D eigenvalue weighted by Crippen LogP contribution is -2.30. The van der Waals surface area contributed by atoms with Crippen LogP contribution in [0.15, 0.2) is 0 Å². The lowest BCUT2D eigenvalue weighted by atomic mass is 10.4. The average molecular weight is 215 g/mol. The number of alkyl halides is 3. The van der Waals surface area contributed by atoms with Gasteiger partial charge in [-0.3, -0.25) is 0 Å². The molecule has 5 heteroatoms. The Morgan fingerprint density at radius 2 is 1.92 bits per heavy atom. The summed E-state index contributed by atoms with van der Waals surface area (Å²) in [7, 11) is 0. The smallest absolute Gasteiger partial charge is 0.308 e. The minimum Gasteiger partial charge on any atom is -0.308 e. The predicted octanol–water partition coefficient (Wildman–Crippen LogP) is 2.67. The molecule has 0 radical (unpaired) electrons. The van der Waals surface area contributed by atoms with E-state index in [1.165, 1.54) is 0 Å². The molecule has 0 aliphatic rings. The molecule has 0 aliphatic heterocycles. The third kappa shape index (κ3) is 12.1. The number of nitrogens with one attached hydrogen (secondary N) is 1. The Balaban J connectivity index is 3.00. The van der Waals surface area contributed by atoms with Gasteiger partial charge in [-0.25, -0.2) is 0 Å². The van der Waals surface area contributed by atoms with E-state index in [9.17, 15) is 13.2 Å². The molecule has 13 heavy (non-hydrogen) atoms. The SMILES string of the molecule is CCCCSCCNCC(F)(F)F. The van der Waals surface area contributed by atoms with Crippen molar-refractivity contribution >= 4 is 11.8 Å². The van der Waals surface area contributed by atoms with E-state index < -0.39 is 12.7 Å². The van der Waals surface area contributed by atoms with Crippen LogP contribution in [0, 0.1) is 0 Å². The number of hydrogen-bond donors (Lipinski definition) is 1. The second-order valence-corrected chi connectivity index (χ2v) is 3.98. The third-order valence-electron chi connectivity index (χ3n) is 1.39. The first-order valence-electron chi connectivity index (χ1n) is 4.41.